The Hall–Kier alpha value is -2.55. The van der Waals surface area contributed by atoms with E-state index in [4.69, 9.17) is 13.8 Å². The van der Waals surface area contributed by atoms with Crippen molar-refractivity contribution in [2.24, 2.45) is 0 Å². The van der Waals surface area contributed by atoms with Crippen LogP contribution in [-0.2, 0) is 17.6 Å². The van der Waals surface area contributed by atoms with E-state index in [0.29, 0.717) is 42.8 Å². The molecule has 4 heterocycles. The molecular formula is C16H20N6O3. The zero-order chi connectivity index (χ0) is 17.4. The van der Waals surface area contributed by atoms with Gasteiger partial charge in [0.25, 0.3) is 5.71 Å². The van der Waals surface area contributed by atoms with Gasteiger partial charge < -0.3 is 18.7 Å². The van der Waals surface area contributed by atoms with E-state index in [1.54, 1.807) is 0 Å². The highest BCUT2D eigenvalue weighted by Gasteiger charge is 2.26. The molecule has 3 aromatic rings. The summed E-state index contributed by atoms with van der Waals surface area (Å²) in [4.78, 5) is 15.5. The maximum atomic E-state index is 5.88. The lowest BCUT2D eigenvalue weighted by atomic mass is 10.2. The van der Waals surface area contributed by atoms with Crippen molar-refractivity contribution in [1.29, 1.82) is 0 Å². The van der Waals surface area contributed by atoms with Crippen LogP contribution in [0.2, 0.25) is 0 Å². The molecule has 1 fully saturated rings. The average Bonchev–Trinajstić information content (AvgIpc) is 3.21. The lowest BCUT2D eigenvalue weighted by molar-refractivity contribution is 0.0393. The fourth-order valence-corrected chi connectivity index (χ4v) is 3.06. The summed E-state index contributed by atoms with van der Waals surface area (Å²) in [5.74, 6) is 2.83. The quantitative estimate of drug-likeness (QED) is 0.698. The summed E-state index contributed by atoms with van der Waals surface area (Å²) in [6.07, 6.45) is 1.31. The molecule has 0 bridgehead atoms. The molecule has 9 heteroatoms. The van der Waals surface area contributed by atoms with Gasteiger partial charge in [0.2, 0.25) is 5.89 Å². The summed E-state index contributed by atoms with van der Waals surface area (Å²) in [6, 6.07) is 0. The Bertz CT molecular complexity index is 889. The Balaban J connectivity index is 1.58. The summed E-state index contributed by atoms with van der Waals surface area (Å²) in [6.45, 7) is 7.78. The van der Waals surface area contributed by atoms with Crippen LogP contribution in [0, 0.1) is 13.8 Å². The summed E-state index contributed by atoms with van der Waals surface area (Å²) in [7, 11) is 0. The minimum Gasteiger partial charge on any atom is -0.374 e. The number of rotatable bonds is 4. The molecule has 0 spiro atoms. The molecule has 1 saturated heterocycles. The molecule has 1 aliphatic rings. The number of fused-ring (bicyclic) bond motifs is 1. The van der Waals surface area contributed by atoms with Crippen molar-refractivity contribution in [3.8, 4) is 0 Å². The van der Waals surface area contributed by atoms with Crippen molar-refractivity contribution in [2.75, 3.05) is 24.6 Å². The first-order valence-corrected chi connectivity index (χ1v) is 8.42. The van der Waals surface area contributed by atoms with Gasteiger partial charge in [-0.1, -0.05) is 17.2 Å². The maximum Gasteiger partial charge on any atom is 0.263 e. The molecule has 0 saturated carbocycles. The molecule has 0 amide bonds. The molecule has 132 valence electrons. The Morgan fingerprint density at radius 2 is 2.00 bits per heavy atom. The van der Waals surface area contributed by atoms with E-state index in [-0.39, 0.29) is 6.10 Å². The van der Waals surface area contributed by atoms with Crippen LogP contribution in [0.3, 0.4) is 0 Å². The first kappa shape index (κ1) is 15.9. The second kappa shape index (κ2) is 6.40. The minimum atomic E-state index is -0.0263. The van der Waals surface area contributed by atoms with E-state index in [0.717, 1.165) is 29.9 Å². The first-order chi connectivity index (χ1) is 12.1. The largest absolute Gasteiger partial charge is 0.374 e. The molecule has 0 aliphatic carbocycles. The molecule has 1 atom stereocenters. The molecule has 0 aromatic carbocycles. The lowest BCUT2D eigenvalue weighted by Crippen LogP contribution is -2.44. The average molecular weight is 344 g/mol. The van der Waals surface area contributed by atoms with Crippen LogP contribution < -0.4 is 4.90 Å². The number of nitrogens with zero attached hydrogens (tertiary/aromatic N) is 6. The van der Waals surface area contributed by atoms with Gasteiger partial charge in [-0.05, 0) is 13.8 Å². The van der Waals surface area contributed by atoms with Crippen LogP contribution in [0.5, 0.6) is 0 Å². The van der Waals surface area contributed by atoms with Gasteiger partial charge >= 0.3 is 0 Å². The molecule has 9 nitrogen and oxygen atoms in total. The number of hydrogen-bond acceptors (Lipinski definition) is 9. The molecule has 1 aliphatic heterocycles. The minimum absolute atomic E-state index is 0.0263. The van der Waals surface area contributed by atoms with E-state index in [9.17, 15) is 0 Å². The highest BCUT2D eigenvalue weighted by Crippen LogP contribution is 2.28. The number of anilines is 1. The summed E-state index contributed by atoms with van der Waals surface area (Å²) >= 11 is 0. The van der Waals surface area contributed by atoms with Crippen molar-refractivity contribution in [2.45, 2.75) is 39.7 Å². The van der Waals surface area contributed by atoms with Crippen molar-refractivity contribution in [3.05, 3.63) is 23.2 Å². The van der Waals surface area contributed by atoms with Crippen molar-refractivity contribution < 1.29 is 13.8 Å². The SMILES string of the molecule is CCc1nc(C[C@@H]2CN(c3nc(C)nc4onc(C)c34)CCO2)no1. The molecule has 0 unspecified atom stereocenters. The van der Waals surface area contributed by atoms with Crippen molar-refractivity contribution >= 4 is 16.9 Å². The van der Waals surface area contributed by atoms with E-state index < -0.39 is 0 Å². The fourth-order valence-electron chi connectivity index (χ4n) is 3.06. The van der Waals surface area contributed by atoms with Gasteiger partial charge in [-0.25, -0.2) is 4.98 Å². The van der Waals surface area contributed by atoms with Gasteiger partial charge in [0, 0.05) is 25.9 Å². The Labute approximate surface area is 144 Å². The van der Waals surface area contributed by atoms with Crippen molar-refractivity contribution in [1.82, 2.24) is 25.3 Å². The van der Waals surface area contributed by atoms with Crippen LogP contribution in [-0.4, -0.2) is 51.1 Å². The third kappa shape index (κ3) is 3.07. The smallest absolute Gasteiger partial charge is 0.263 e. The second-order valence-electron chi connectivity index (χ2n) is 6.14. The van der Waals surface area contributed by atoms with Gasteiger partial charge in [-0.3, -0.25) is 0 Å². The lowest BCUT2D eigenvalue weighted by Gasteiger charge is -2.33. The monoisotopic (exact) mass is 344 g/mol. The summed E-state index contributed by atoms with van der Waals surface area (Å²) in [5, 5.41) is 8.90. The topological polar surface area (TPSA) is 103 Å². The zero-order valence-corrected chi connectivity index (χ0v) is 14.5. The van der Waals surface area contributed by atoms with Gasteiger partial charge in [0.15, 0.2) is 5.82 Å². The Morgan fingerprint density at radius 3 is 2.80 bits per heavy atom. The normalized spacial score (nSPS) is 18.2. The van der Waals surface area contributed by atoms with E-state index in [2.05, 4.69) is 30.2 Å². The predicted octanol–water partition coefficient (Wildman–Crippen LogP) is 1.63. The fraction of sp³-hybridized carbons (Fsp3) is 0.562. The Morgan fingerprint density at radius 1 is 1.12 bits per heavy atom. The molecule has 25 heavy (non-hydrogen) atoms. The molecule has 4 rings (SSSR count). The molecular weight excluding hydrogens is 324 g/mol. The highest BCUT2D eigenvalue weighted by molar-refractivity contribution is 5.88. The van der Waals surface area contributed by atoms with Crippen LogP contribution in [0.4, 0.5) is 5.82 Å². The van der Waals surface area contributed by atoms with E-state index in [1.165, 1.54) is 0 Å². The Kier molecular flexibility index (Phi) is 4.08. The van der Waals surface area contributed by atoms with Gasteiger partial charge in [0.05, 0.1) is 18.4 Å². The van der Waals surface area contributed by atoms with Crippen LogP contribution in [0.25, 0.3) is 11.1 Å². The third-order valence-electron chi connectivity index (χ3n) is 4.26. The molecule has 3 aromatic heterocycles. The van der Waals surface area contributed by atoms with Gasteiger partial charge in [-0.2, -0.15) is 9.97 Å². The van der Waals surface area contributed by atoms with Gasteiger partial charge in [-0.15, -0.1) is 0 Å². The number of ether oxygens (including phenoxy) is 1. The van der Waals surface area contributed by atoms with Crippen LogP contribution in [0.1, 0.15) is 30.2 Å². The second-order valence-corrected chi connectivity index (χ2v) is 6.14. The first-order valence-electron chi connectivity index (χ1n) is 8.42. The highest BCUT2D eigenvalue weighted by atomic mass is 16.5. The molecule has 0 radical (unpaired) electrons. The number of aromatic nitrogens is 5. The summed E-state index contributed by atoms with van der Waals surface area (Å²) < 4.78 is 16.4. The van der Waals surface area contributed by atoms with Crippen LogP contribution in [0.15, 0.2) is 9.05 Å². The maximum absolute atomic E-state index is 5.88. The van der Waals surface area contributed by atoms with E-state index in [1.807, 2.05) is 20.8 Å². The van der Waals surface area contributed by atoms with Gasteiger partial charge in [0.1, 0.15) is 17.0 Å². The van der Waals surface area contributed by atoms with Crippen molar-refractivity contribution in [3.63, 3.8) is 0 Å². The predicted molar refractivity (Wildman–Crippen MR) is 88.4 cm³/mol. The standard InChI is InChI=1S/C16H20N6O3/c1-4-13-19-12(21-24-13)7-11-8-22(5-6-23-11)15-14-9(2)20-25-16(14)18-10(3)17-15/h11H,4-8H2,1-3H3/t11-/m1/s1. The molecule has 0 N–H and O–H groups in total. The number of hydrogen-bond donors (Lipinski definition) is 0. The third-order valence-corrected chi connectivity index (χ3v) is 4.26. The van der Waals surface area contributed by atoms with E-state index >= 15 is 0 Å². The summed E-state index contributed by atoms with van der Waals surface area (Å²) in [5.41, 5.74) is 1.31. The number of aryl methyl sites for hydroxylation is 3. The van der Waals surface area contributed by atoms with Crippen LogP contribution >= 0.6 is 0 Å². The number of morpholine rings is 1. The zero-order valence-electron chi connectivity index (χ0n) is 14.5.